The number of amides is 1. The Hall–Kier alpha value is 0.490. The average molecular weight is 256 g/mol. The van der Waals surface area contributed by atoms with Crippen LogP contribution in [0.3, 0.4) is 0 Å². The number of nitrogens with one attached hydrogen (secondary N) is 1. The monoisotopic (exact) mass is 255 g/mol. The molecule has 0 aromatic rings. The van der Waals surface area contributed by atoms with Gasteiger partial charge in [0.05, 0.1) is 0 Å². The van der Waals surface area contributed by atoms with Gasteiger partial charge in [-0.1, -0.05) is 34.8 Å². The van der Waals surface area contributed by atoms with Crippen molar-refractivity contribution in [1.29, 1.82) is 0 Å². The zero-order valence-electron chi connectivity index (χ0n) is 5.75. The van der Waals surface area contributed by atoms with Gasteiger partial charge in [0.15, 0.2) is 0 Å². The van der Waals surface area contributed by atoms with Crippen LogP contribution in [0, 0.1) is 0 Å². The fourth-order valence-corrected chi connectivity index (χ4v) is 1.09. The maximum Gasteiger partial charge on any atom is 0.432 e. The summed E-state index contributed by atoms with van der Waals surface area (Å²) in [5.74, 6) is -1.22. The van der Waals surface area contributed by atoms with E-state index in [1.165, 1.54) is 5.09 Å². The van der Waals surface area contributed by atoms with Crippen molar-refractivity contribution in [3.8, 4) is 0 Å². The average Bonchev–Trinajstić information content (AvgIpc) is 1.85. The van der Waals surface area contributed by atoms with Gasteiger partial charge in [0.2, 0.25) is 0 Å². The molecule has 0 radical (unpaired) electrons. The van der Waals surface area contributed by atoms with E-state index in [-0.39, 0.29) is 0 Å². The lowest BCUT2D eigenvalue weighted by Gasteiger charge is -2.14. The molecule has 0 rings (SSSR count). The molecule has 0 aromatic carbocycles. The molecule has 1 unspecified atom stereocenters. The largest absolute Gasteiger partial charge is 0.432 e. The van der Waals surface area contributed by atoms with Crippen LogP contribution >= 0.6 is 42.5 Å². The van der Waals surface area contributed by atoms with Crippen LogP contribution in [0.5, 0.6) is 0 Å². The van der Waals surface area contributed by atoms with Gasteiger partial charge in [-0.2, -0.15) is 0 Å². The Bertz CT molecular complexity index is 226. The van der Waals surface area contributed by atoms with Crippen LogP contribution in [0.25, 0.3) is 0 Å². The van der Waals surface area contributed by atoms with E-state index >= 15 is 0 Å². The third-order valence-electron chi connectivity index (χ3n) is 0.748. The van der Waals surface area contributed by atoms with Gasteiger partial charge in [0.25, 0.3) is 9.70 Å². The highest BCUT2D eigenvalue weighted by atomic mass is 35.6. The van der Waals surface area contributed by atoms with Gasteiger partial charge >= 0.3 is 7.75 Å². The van der Waals surface area contributed by atoms with Crippen LogP contribution in [0.4, 0.5) is 0 Å². The molecular formula is C3H5Cl3NO4P. The van der Waals surface area contributed by atoms with Crippen molar-refractivity contribution in [3.05, 3.63) is 0 Å². The summed E-state index contributed by atoms with van der Waals surface area (Å²) in [4.78, 5) is 19.4. The van der Waals surface area contributed by atoms with Crippen LogP contribution in [-0.2, 0) is 13.9 Å². The topological polar surface area (TPSA) is 75.6 Å². The van der Waals surface area contributed by atoms with E-state index in [0.29, 0.717) is 0 Å². The SMILES string of the molecule is COP(=O)(O)NC(=O)C(Cl)(Cl)Cl. The quantitative estimate of drug-likeness (QED) is 0.575. The third kappa shape index (κ3) is 4.50. The molecule has 1 atom stereocenters. The summed E-state index contributed by atoms with van der Waals surface area (Å²) in [6, 6.07) is 0. The van der Waals surface area contributed by atoms with Gasteiger partial charge < -0.3 is 4.89 Å². The van der Waals surface area contributed by atoms with E-state index < -0.39 is 17.4 Å². The highest BCUT2D eigenvalue weighted by molar-refractivity contribution is 7.51. The van der Waals surface area contributed by atoms with Gasteiger partial charge in [-0.3, -0.25) is 14.4 Å². The van der Waals surface area contributed by atoms with Gasteiger partial charge in [-0.25, -0.2) is 4.57 Å². The molecule has 0 aliphatic carbocycles. The molecule has 0 aromatic heterocycles. The van der Waals surface area contributed by atoms with E-state index in [2.05, 4.69) is 4.52 Å². The normalized spacial score (nSPS) is 16.8. The van der Waals surface area contributed by atoms with Gasteiger partial charge in [0, 0.05) is 7.11 Å². The fourth-order valence-electron chi connectivity index (χ4n) is 0.237. The van der Waals surface area contributed by atoms with Crippen molar-refractivity contribution in [2.45, 2.75) is 3.79 Å². The van der Waals surface area contributed by atoms with Crippen LogP contribution in [-0.4, -0.2) is 21.7 Å². The third-order valence-corrected chi connectivity index (χ3v) is 2.24. The Morgan fingerprint density at radius 1 is 1.58 bits per heavy atom. The molecule has 0 saturated heterocycles. The molecule has 12 heavy (non-hydrogen) atoms. The molecule has 0 bridgehead atoms. The second-order valence-electron chi connectivity index (χ2n) is 1.64. The lowest BCUT2D eigenvalue weighted by molar-refractivity contribution is -0.118. The summed E-state index contributed by atoms with van der Waals surface area (Å²) in [5, 5.41) is 1.50. The fraction of sp³-hybridized carbons (Fsp3) is 0.667. The van der Waals surface area contributed by atoms with E-state index in [9.17, 15) is 9.36 Å². The Labute approximate surface area is 83.5 Å². The summed E-state index contributed by atoms with van der Waals surface area (Å²) in [6.07, 6.45) is 0. The second kappa shape index (κ2) is 4.13. The summed E-state index contributed by atoms with van der Waals surface area (Å²) in [5.41, 5.74) is 0. The van der Waals surface area contributed by atoms with Crippen molar-refractivity contribution < 1.29 is 18.8 Å². The first kappa shape index (κ1) is 12.5. The van der Waals surface area contributed by atoms with Crippen molar-refractivity contribution in [2.75, 3.05) is 7.11 Å². The maximum atomic E-state index is 10.7. The van der Waals surface area contributed by atoms with Crippen molar-refractivity contribution in [1.82, 2.24) is 5.09 Å². The van der Waals surface area contributed by atoms with Gasteiger partial charge in [-0.15, -0.1) is 0 Å². The minimum absolute atomic E-state index is 0.930. The van der Waals surface area contributed by atoms with E-state index in [1.54, 1.807) is 0 Å². The molecule has 5 nitrogen and oxygen atoms in total. The highest BCUT2D eigenvalue weighted by Crippen LogP contribution is 2.38. The second-order valence-corrected chi connectivity index (χ2v) is 5.55. The predicted octanol–water partition coefficient (Wildman–Crippen LogP) is 1.22. The van der Waals surface area contributed by atoms with E-state index in [4.69, 9.17) is 39.7 Å². The van der Waals surface area contributed by atoms with Crippen molar-refractivity contribution in [2.24, 2.45) is 0 Å². The van der Waals surface area contributed by atoms with Crippen LogP contribution in [0.2, 0.25) is 0 Å². The number of alkyl halides is 3. The zero-order valence-corrected chi connectivity index (χ0v) is 8.92. The number of rotatable bonds is 2. The molecule has 0 saturated carbocycles. The summed E-state index contributed by atoms with van der Waals surface area (Å²) >= 11 is 15.2. The van der Waals surface area contributed by atoms with Crippen molar-refractivity contribution >= 4 is 48.5 Å². The molecule has 0 aliphatic heterocycles. The molecule has 72 valence electrons. The Morgan fingerprint density at radius 2 is 2.00 bits per heavy atom. The number of halogens is 3. The standard InChI is InChI=1S/C3H5Cl3NO4P/c1-11-12(9,10)7-2(8)3(4,5)6/h1H3,(H2,7,8,9,10). The Kier molecular flexibility index (Phi) is 4.30. The van der Waals surface area contributed by atoms with Gasteiger partial charge in [0.1, 0.15) is 0 Å². The zero-order chi connectivity index (χ0) is 9.99. The molecule has 0 spiro atoms. The highest BCUT2D eigenvalue weighted by Gasteiger charge is 2.35. The lowest BCUT2D eigenvalue weighted by Crippen LogP contribution is -2.32. The molecule has 9 heteroatoms. The van der Waals surface area contributed by atoms with Crippen LogP contribution in [0.1, 0.15) is 0 Å². The number of hydrogen-bond donors (Lipinski definition) is 2. The Balaban J connectivity index is 4.30. The summed E-state index contributed by atoms with van der Waals surface area (Å²) in [6.45, 7) is 0. The predicted molar refractivity (Wildman–Crippen MR) is 45.3 cm³/mol. The minimum atomic E-state index is -4.18. The first-order valence-electron chi connectivity index (χ1n) is 2.47. The van der Waals surface area contributed by atoms with E-state index in [0.717, 1.165) is 7.11 Å². The number of hydrogen-bond acceptors (Lipinski definition) is 3. The van der Waals surface area contributed by atoms with Crippen molar-refractivity contribution in [3.63, 3.8) is 0 Å². The Morgan fingerprint density at radius 3 is 2.25 bits per heavy atom. The summed E-state index contributed by atoms with van der Waals surface area (Å²) < 4.78 is 12.4. The summed E-state index contributed by atoms with van der Waals surface area (Å²) in [7, 11) is -3.25. The smallest absolute Gasteiger partial charge is 0.308 e. The number of carbonyl (C=O) groups is 1. The maximum absolute atomic E-state index is 10.7. The molecule has 0 fully saturated rings. The molecule has 1 amide bonds. The molecule has 0 aliphatic rings. The minimum Gasteiger partial charge on any atom is -0.308 e. The van der Waals surface area contributed by atoms with Crippen LogP contribution in [0.15, 0.2) is 0 Å². The van der Waals surface area contributed by atoms with E-state index in [1.807, 2.05) is 0 Å². The van der Waals surface area contributed by atoms with Gasteiger partial charge in [-0.05, 0) is 0 Å². The first-order valence-corrected chi connectivity index (χ1v) is 5.18. The molecule has 2 N–H and O–H groups in total. The lowest BCUT2D eigenvalue weighted by atomic mass is 10.7. The molecule has 0 heterocycles. The number of carbonyl (C=O) groups excluding carboxylic acids is 1. The first-order chi connectivity index (χ1) is 5.19. The molecular weight excluding hydrogens is 251 g/mol. The van der Waals surface area contributed by atoms with Crippen LogP contribution < -0.4 is 5.09 Å².